The van der Waals surface area contributed by atoms with Gasteiger partial charge in [-0.05, 0) is 38.0 Å². The van der Waals surface area contributed by atoms with Crippen LogP contribution >= 0.6 is 0 Å². The van der Waals surface area contributed by atoms with E-state index in [4.69, 9.17) is 4.74 Å². The van der Waals surface area contributed by atoms with Crippen LogP contribution in [0.3, 0.4) is 0 Å². The lowest BCUT2D eigenvalue weighted by Crippen LogP contribution is -2.42. The van der Waals surface area contributed by atoms with Gasteiger partial charge in [0.15, 0.2) is 5.82 Å². The van der Waals surface area contributed by atoms with Crippen molar-refractivity contribution in [2.24, 2.45) is 0 Å². The zero-order valence-electron chi connectivity index (χ0n) is 16.1. The number of aryl methyl sites for hydroxylation is 1. The molecule has 3 aromatic rings. The molecule has 0 aliphatic carbocycles. The van der Waals surface area contributed by atoms with Gasteiger partial charge in [0.1, 0.15) is 11.4 Å². The Morgan fingerprint density at radius 2 is 2.00 bits per heavy atom. The van der Waals surface area contributed by atoms with Crippen molar-refractivity contribution in [1.29, 1.82) is 0 Å². The van der Waals surface area contributed by atoms with Gasteiger partial charge in [0.25, 0.3) is 5.91 Å². The van der Waals surface area contributed by atoms with Crippen LogP contribution in [0.25, 0.3) is 0 Å². The lowest BCUT2D eigenvalue weighted by atomic mass is 10.0. The highest BCUT2D eigenvalue weighted by Gasteiger charge is 2.32. The van der Waals surface area contributed by atoms with Crippen molar-refractivity contribution in [3.05, 3.63) is 71.4 Å². The van der Waals surface area contributed by atoms with E-state index in [0.717, 1.165) is 18.1 Å². The van der Waals surface area contributed by atoms with Crippen molar-refractivity contribution in [2.45, 2.75) is 32.9 Å². The number of hydrogen-bond donors (Lipinski definition) is 0. The molecule has 0 unspecified atom stereocenters. The Morgan fingerprint density at radius 3 is 2.79 bits per heavy atom. The number of fused-ring (bicyclic) bond motifs is 1. The summed E-state index contributed by atoms with van der Waals surface area (Å²) in [6, 6.07) is 13.9. The molecule has 3 heterocycles. The summed E-state index contributed by atoms with van der Waals surface area (Å²) in [5, 5.41) is 8.55. The molecule has 1 amide bonds. The van der Waals surface area contributed by atoms with Gasteiger partial charge in [-0.1, -0.05) is 30.3 Å². The minimum absolute atomic E-state index is 0.0808. The van der Waals surface area contributed by atoms with E-state index < -0.39 is 0 Å². The third-order valence-corrected chi connectivity index (χ3v) is 4.95. The Labute approximate surface area is 164 Å². The number of carbonyl (C=O) groups excluding carboxylic acids is 1. The molecule has 0 bridgehead atoms. The van der Waals surface area contributed by atoms with Gasteiger partial charge in [-0.2, -0.15) is 0 Å². The Hall–Kier alpha value is -3.22. The Morgan fingerprint density at radius 1 is 1.18 bits per heavy atom. The van der Waals surface area contributed by atoms with Crippen molar-refractivity contribution in [3.63, 3.8) is 0 Å². The smallest absolute Gasteiger partial charge is 0.259 e. The van der Waals surface area contributed by atoms with Gasteiger partial charge in [-0.3, -0.25) is 4.79 Å². The molecule has 1 aliphatic rings. The van der Waals surface area contributed by atoms with Gasteiger partial charge in [0, 0.05) is 12.7 Å². The number of carbonyl (C=O) groups is 1. The Kier molecular flexibility index (Phi) is 5.06. The van der Waals surface area contributed by atoms with E-state index >= 15 is 0 Å². The first-order valence-corrected chi connectivity index (χ1v) is 9.48. The van der Waals surface area contributed by atoms with Gasteiger partial charge < -0.3 is 14.2 Å². The second kappa shape index (κ2) is 7.80. The number of pyridine rings is 1. The van der Waals surface area contributed by atoms with Crippen LogP contribution in [0.5, 0.6) is 5.88 Å². The summed E-state index contributed by atoms with van der Waals surface area (Å²) in [4.78, 5) is 19.3. The van der Waals surface area contributed by atoms with Gasteiger partial charge in [-0.25, -0.2) is 4.98 Å². The zero-order valence-corrected chi connectivity index (χ0v) is 16.1. The number of hydrogen-bond acceptors (Lipinski definition) is 5. The first-order valence-electron chi connectivity index (χ1n) is 9.48. The van der Waals surface area contributed by atoms with Gasteiger partial charge in [0.05, 0.1) is 19.2 Å². The average Bonchev–Trinajstić information content (AvgIpc) is 3.10. The predicted octanol–water partition coefficient (Wildman–Crippen LogP) is 2.82. The van der Waals surface area contributed by atoms with Crippen LogP contribution < -0.4 is 4.74 Å². The van der Waals surface area contributed by atoms with E-state index in [9.17, 15) is 4.79 Å². The Bertz CT molecular complexity index is 970. The molecule has 7 nitrogen and oxygen atoms in total. The highest BCUT2D eigenvalue weighted by atomic mass is 16.5. The summed E-state index contributed by atoms with van der Waals surface area (Å²) >= 11 is 0. The highest BCUT2D eigenvalue weighted by molar-refractivity contribution is 5.96. The van der Waals surface area contributed by atoms with Crippen LogP contribution in [0.1, 0.15) is 40.5 Å². The highest BCUT2D eigenvalue weighted by Crippen LogP contribution is 2.27. The fourth-order valence-corrected chi connectivity index (χ4v) is 3.74. The van der Waals surface area contributed by atoms with Crippen LogP contribution in [-0.4, -0.2) is 43.7 Å². The van der Waals surface area contributed by atoms with E-state index in [1.54, 1.807) is 18.3 Å². The van der Waals surface area contributed by atoms with Gasteiger partial charge >= 0.3 is 0 Å². The molecule has 28 heavy (non-hydrogen) atoms. The predicted molar refractivity (Wildman–Crippen MR) is 104 cm³/mol. The van der Waals surface area contributed by atoms with E-state index in [-0.39, 0.29) is 11.9 Å². The van der Waals surface area contributed by atoms with Crippen molar-refractivity contribution >= 4 is 5.91 Å². The van der Waals surface area contributed by atoms with E-state index in [2.05, 4.69) is 31.9 Å². The molecule has 0 spiro atoms. The van der Waals surface area contributed by atoms with Crippen LogP contribution in [0, 0.1) is 6.92 Å². The molecule has 2 aromatic heterocycles. The SMILES string of the molecule is CCOc1ncccc1C(=O)N1Cc2nnc(C)n2[C@H](Cc2ccccc2)C1. The lowest BCUT2D eigenvalue weighted by molar-refractivity contribution is 0.0667. The Balaban J connectivity index is 1.64. The zero-order chi connectivity index (χ0) is 19.5. The molecule has 0 fully saturated rings. The third-order valence-electron chi connectivity index (χ3n) is 4.95. The summed E-state index contributed by atoms with van der Waals surface area (Å²) in [6.45, 7) is 5.30. The summed E-state index contributed by atoms with van der Waals surface area (Å²) in [5.41, 5.74) is 1.70. The van der Waals surface area contributed by atoms with Crippen molar-refractivity contribution in [3.8, 4) is 5.88 Å². The van der Waals surface area contributed by atoms with Crippen LogP contribution in [-0.2, 0) is 13.0 Å². The number of amides is 1. The van der Waals surface area contributed by atoms with E-state index in [1.165, 1.54) is 5.56 Å². The summed E-state index contributed by atoms with van der Waals surface area (Å²) < 4.78 is 7.71. The van der Waals surface area contributed by atoms with Gasteiger partial charge in [0.2, 0.25) is 5.88 Å². The molecule has 0 radical (unpaired) electrons. The average molecular weight is 377 g/mol. The van der Waals surface area contributed by atoms with Crippen LogP contribution in [0.2, 0.25) is 0 Å². The number of aromatic nitrogens is 4. The quantitative estimate of drug-likeness (QED) is 0.684. The maximum atomic E-state index is 13.3. The molecule has 1 aromatic carbocycles. The first-order chi connectivity index (χ1) is 13.7. The van der Waals surface area contributed by atoms with E-state index in [0.29, 0.717) is 31.1 Å². The first kappa shape index (κ1) is 18.2. The largest absolute Gasteiger partial charge is 0.477 e. The number of benzene rings is 1. The van der Waals surface area contributed by atoms with Crippen LogP contribution in [0.4, 0.5) is 0 Å². The molecule has 0 saturated carbocycles. The number of ether oxygens (including phenoxy) is 1. The van der Waals surface area contributed by atoms with Crippen molar-refractivity contribution in [1.82, 2.24) is 24.6 Å². The van der Waals surface area contributed by atoms with Crippen LogP contribution in [0.15, 0.2) is 48.7 Å². The number of nitrogens with zero attached hydrogens (tertiary/aromatic N) is 5. The molecule has 7 heteroatoms. The lowest BCUT2D eigenvalue weighted by Gasteiger charge is -2.34. The molecule has 1 aliphatic heterocycles. The summed E-state index contributed by atoms with van der Waals surface area (Å²) in [7, 11) is 0. The molecule has 144 valence electrons. The maximum absolute atomic E-state index is 13.3. The number of rotatable bonds is 5. The topological polar surface area (TPSA) is 73.1 Å². The van der Waals surface area contributed by atoms with Crippen molar-refractivity contribution < 1.29 is 9.53 Å². The molecule has 1 atom stereocenters. The standard InChI is InChI=1S/C21H23N5O2/c1-3-28-20-18(10-7-11-22-20)21(27)25-13-17(12-16-8-5-4-6-9-16)26-15(2)23-24-19(26)14-25/h4-11,17H,3,12-14H2,1-2H3/t17-/m1/s1. The maximum Gasteiger partial charge on any atom is 0.259 e. The fourth-order valence-electron chi connectivity index (χ4n) is 3.74. The molecule has 4 rings (SSSR count). The summed E-state index contributed by atoms with van der Waals surface area (Å²) in [6.07, 6.45) is 2.44. The summed E-state index contributed by atoms with van der Waals surface area (Å²) in [5.74, 6) is 1.96. The monoisotopic (exact) mass is 377 g/mol. The molecular weight excluding hydrogens is 354 g/mol. The van der Waals surface area contributed by atoms with E-state index in [1.807, 2.05) is 36.9 Å². The van der Waals surface area contributed by atoms with Crippen molar-refractivity contribution in [2.75, 3.05) is 13.2 Å². The second-order valence-corrected chi connectivity index (χ2v) is 6.85. The van der Waals surface area contributed by atoms with Gasteiger partial charge in [-0.15, -0.1) is 10.2 Å². The third kappa shape index (κ3) is 3.47. The second-order valence-electron chi connectivity index (χ2n) is 6.85. The minimum Gasteiger partial charge on any atom is -0.477 e. The normalized spacial score (nSPS) is 15.9. The molecular formula is C21H23N5O2. The molecule has 0 N–H and O–H groups in total. The fraction of sp³-hybridized carbons (Fsp3) is 0.333. The minimum atomic E-state index is -0.0958. The molecule has 0 saturated heterocycles.